The van der Waals surface area contributed by atoms with Crippen molar-refractivity contribution in [3.63, 3.8) is 0 Å². The van der Waals surface area contributed by atoms with Gasteiger partial charge in [0.15, 0.2) is 0 Å². The Labute approximate surface area is 153 Å². The number of benzene rings is 2. The van der Waals surface area contributed by atoms with E-state index in [0.29, 0.717) is 19.6 Å². The number of methoxy groups -OCH3 is 1. The van der Waals surface area contributed by atoms with Crippen molar-refractivity contribution in [2.45, 2.75) is 32.0 Å². The first kappa shape index (κ1) is 18.2. The van der Waals surface area contributed by atoms with Crippen LogP contribution in [0.3, 0.4) is 0 Å². The number of carbonyl (C=O) groups is 1. The molecule has 3 rings (SSSR count). The van der Waals surface area contributed by atoms with Gasteiger partial charge in [0, 0.05) is 12.6 Å². The van der Waals surface area contributed by atoms with Gasteiger partial charge in [0.1, 0.15) is 17.5 Å². The van der Waals surface area contributed by atoms with Crippen LogP contribution in [-0.2, 0) is 11.3 Å². The maximum Gasteiger partial charge on any atom is 0.238 e. The van der Waals surface area contributed by atoms with Gasteiger partial charge in [-0.1, -0.05) is 24.3 Å². The minimum Gasteiger partial charge on any atom is -0.497 e. The Morgan fingerprint density at radius 3 is 2.69 bits per heavy atom. The molecule has 1 heterocycles. The highest BCUT2D eigenvalue weighted by atomic mass is 16.5. The fraction of sp³-hybridized carbons (Fsp3) is 0.350. The smallest absolute Gasteiger partial charge is 0.238 e. The van der Waals surface area contributed by atoms with E-state index in [1.54, 1.807) is 7.11 Å². The van der Waals surface area contributed by atoms with Crippen molar-refractivity contribution >= 4 is 5.91 Å². The van der Waals surface area contributed by atoms with Crippen molar-refractivity contribution in [3.05, 3.63) is 59.7 Å². The van der Waals surface area contributed by atoms with Crippen LogP contribution in [0.25, 0.3) is 0 Å². The van der Waals surface area contributed by atoms with Crippen LogP contribution in [0.4, 0.5) is 0 Å². The van der Waals surface area contributed by atoms with Gasteiger partial charge in [0.2, 0.25) is 5.91 Å². The molecule has 0 bridgehead atoms. The van der Waals surface area contributed by atoms with Gasteiger partial charge in [-0.15, -0.1) is 0 Å². The average Bonchev–Trinajstić information content (AvgIpc) is 3.17. The summed E-state index contributed by atoms with van der Waals surface area (Å²) in [5.41, 5.74) is 8.42. The summed E-state index contributed by atoms with van der Waals surface area (Å²) in [6.45, 7) is 3.09. The van der Waals surface area contributed by atoms with Gasteiger partial charge in [-0.2, -0.15) is 0 Å². The minimum atomic E-state index is -0.267. The van der Waals surface area contributed by atoms with Crippen LogP contribution in [0, 0.1) is 0 Å². The molecule has 0 aliphatic carbocycles. The molecule has 0 radical (unpaired) electrons. The summed E-state index contributed by atoms with van der Waals surface area (Å²) >= 11 is 0. The first-order valence-electron chi connectivity index (χ1n) is 8.84. The molecule has 1 aliphatic heterocycles. The number of ether oxygens (including phenoxy) is 2. The van der Waals surface area contributed by atoms with E-state index < -0.39 is 0 Å². The normalized spacial score (nSPS) is 19.2. The van der Waals surface area contributed by atoms with Gasteiger partial charge >= 0.3 is 0 Å². The highest BCUT2D eigenvalue weighted by Crippen LogP contribution is 2.24. The molecule has 138 valence electrons. The summed E-state index contributed by atoms with van der Waals surface area (Å²) in [5.74, 6) is 1.62. The molecule has 0 saturated carbocycles. The SMILES string of the molecule is CCOc1ccc(C2CC(C(=O)NCc3cccc(OC)c3)NN2)cc1. The van der Waals surface area contributed by atoms with Gasteiger partial charge in [-0.05, 0) is 48.7 Å². The van der Waals surface area contributed by atoms with Gasteiger partial charge < -0.3 is 14.8 Å². The van der Waals surface area contributed by atoms with E-state index in [9.17, 15) is 4.79 Å². The quantitative estimate of drug-likeness (QED) is 0.711. The van der Waals surface area contributed by atoms with Crippen LogP contribution in [0.1, 0.15) is 30.5 Å². The number of nitrogens with one attached hydrogen (secondary N) is 3. The second kappa shape index (κ2) is 8.69. The lowest BCUT2D eigenvalue weighted by molar-refractivity contribution is -0.123. The fourth-order valence-corrected chi connectivity index (χ4v) is 3.00. The number of rotatable bonds is 7. The predicted molar refractivity (Wildman–Crippen MR) is 99.9 cm³/mol. The maximum absolute atomic E-state index is 12.4. The van der Waals surface area contributed by atoms with Crippen molar-refractivity contribution in [1.82, 2.24) is 16.2 Å². The van der Waals surface area contributed by atoms with Crippen molar-refractivity contribution in [2.75, 3.05) is 13.7 Å². The van der Waals surface area contributed by atoms with E-state index >= 15 is 0 Å². The maximum atomic E-state index is 12.4. The van der Waals surface area contributed by atoms with Crippen LogP contribution in [0.2, 0.25) is 0 Å². The monoisotopic (exact) mass is 355 g/mol. The lowest BCUT2D eigenvalue weighted by atomic mass is 10.0. The first-order chi connectivity index (χ1) is 12.7. The van der Waals surface area contributed by atoms with Crippen LogP contribution >= 0.6 is 0 Å². The zero-order valence-electron chi connectivity index (χ0n) is 15.1. The van der Waals surface area contributed by atoms with Crippen LogP contribution in [-0.4, -0.2) is 25.7 Å². The summed E-state index contributed by atoms with van der Waals surface area (Å²) in [6.07, 6.45) is 0.692. The molecule has 6 nitrogen and oxygen atoms in total. The van der Waals surface area contributed by atoms with E-state index in [4.69, 9.17) is 9.47 Å². The van der Waals surface area contributed by atoms with Crippen molar-refractivity contribution in [1.29, 1.82) is 0 Å². The molecule has 1 fully saturated rings. The van der Waals surface area contributed by atoms with E-state index in [1.807, 2.05) is 55.5 Å². The van der Waals surface area contributed by atoms with E-state index in [2.05, 4.69) is 16.2 Å². The molecule has 26 heavy (non-hydrogen) atoms. The Kier molecular flexibility index (Phi) is 6.09. The number of carbonyl (C=O) groups excluding carboxylic acids is 1. The second-order valence-electron chi connectivity index (χ2n) is 6.20. The molecule has 1 amide bonds. The summed E-state index contributed by atoms with van der Waals surface area (Å²) in [6, 6.07) is 15.5. The second-order valence-corrected chi connectivity index (χ2v) is 6.20. The van der Waals surface area contributed by atoms with Crippen molar-refractivity contribution in [2.24, 2.45) is 0 Å². The van der Waals surface area contributed by atoms with Crippen LogP contribution in [0.15, 0.2) is 48.5 Å². The van der Waals surface area contributed by atoms with E-state index in [0.717, 1.165) is 22.6 Å². The fourth-order valence-electron chi connectivity index (χ4n) is 3.00. The lowest BCUT2D eigenvalue weighted by Crippen LogP contribution is -2.42. The zero-order valence-corrected chi connectivity index (χ0v) is 15.1. The molecule has 0 spiro atoms. The molecule has 1 aliphatic rings. The Hall–Kier alpha value is -2.57. The Morgan fingerprint density at radius 2 is 1.96 bits per heavy atom. The summed E-state index contributed by atoms with van der Waals surface area (Å²) in [7, 11) is 1.63. The summed E-state index contributed by atoms with van der Waals surface area (Å²) < 4.78 is 10.7. The molecule has 2 unspecified atom stereocenters. The topological polar surface area (TPSA) is 71.6 Å². The molecular weight excluding hydrogens is 330 g/mol. The third kappa shape index (κ3) is 4.53. The molecule has 6 heteroatoms. The third-order valence-corrected chi connectivity index (χ3v) is 4.41. The Morgan fingerprint density at radius 1 is 1.15 bits per heavy atom. The highest BCUT2D eigenvalue weighted by Gasteiger charge is 2.29. The Balaban J connectivity index is 1.52. The molecule has 0 aromatic heterocycles. The standard InChI is InChI=1S/C20H25N3O3/c1-3-26-16-9-7-15(8-10-16)18-12-19(23-22-18)20(24)21-13-14-5-4-6-17(11-14)25-2/h4-11,18-19,22-23H,3,12-13H2,1-2H3,(H,21,24). The summed E-state index contributed by atoms with van der Waals surface area (Å²) in [4.78, 5) is 12.4. The first-order valence-corrected chi connectivity index (χ1v) is 8.84. The average molecular weight is 355 g/mol. The van der Waals surface area contributed by atoms with Crippen LogP contribution < -0.4 is 25.6 Å². The zero-order chi connectivity index (χ0) is 18.4. The highest BCUT2D eigenvalue weighted by molar-refractivity contribution is 5.82. The molecule has 2 atom stereocenters. The van der Waals surface area contributed by atoms with Gasteiger partial charge in [-0.3, -0.25) is 4.79 Å². The van der Waals surface area contributed by atoms with Crippen molar-refractivity contribution in [3.8, 4) is 11.5 Å². The third-order valence-electron chi connectivity index (χ3n) is 4.41. The van der Waals surface area contributed by atoms with Gasteiger partial charge in [0.05, 0.1) is 13.7 Å². The molecule has 2 aromatic rings. The summed E-state index contributed by atoms with van der Waals surface area (Å²) in [5, 5.41) is 2.97. The Bertz CT molecular complexity index is 733. The number of hydrogen-bond donors (Lipinski definition) is 3. The number of hydrogen-bond acceptors (Lipinski definition) is 5. The molecular formula is C20H25N3O3. The molecule has 3 N–H and O–H groups in total. The predicted octanol–water partition coefficient (Wildman–Crippen LogP) is 2.32. The largest absolute Gasteiger partial charge is 0.497 e. The van der Waals surface area contributed by atoms with E-state index in [-0.39, 0.29) is 18.0 Å². The number of amides is 1. The lowest BCUT2D eigenvalue weighted by Gasteiger charge is -2.12. The molecule has 1 saturated heterocycles. The van der Waals surface area contributed by atoms with Crippen molar-refractivity contribution < 1.29 is 14.3 Å². The van der Waals surface area contributed by atoms with Gasteiger partial charge in [-0.25, -0.2) is 10.9 Å². The van der Waals surface area contributed by atoms with E-state index in [1.165, 1.54) is 0 Å². The number of hydrazine groups is 1. The molecule has 2 aromatic carbocycles. The van der Waals surface area contributed by atoms with Crippen LogP contribution in [0.5, 0.6) is 11.5 Å². The van der Waals surface area contributed by atoms with Gasteiger partial charge in [0.25, 0.3) is 0 Å². The minimum absolute atomic E-state index is 0.0197.